The minimum atomic E-state index is -0.197. The molecule has 0 saturated heterocycles. The molecule has 1 atom stereocenters. The molecule has 0 aliphatic heterocycles. The van der Waals surface area contributed by atoms with Crippen LogP contribution in [0.3, 0.4) is 0 Å². The maximum atomic E-state index is 12.8. The highest BCUT2D eigenvalue weighted by Gasteiger charge is 2.13. The van der Waals surface area contributed by atoms with Crippen LogP contribution in [0.2, 0.25) is 0 Å². The van der Waals surface area contributed by atoms with Crippen LogP contribution in [0.5, 0.6) is 5.75 Å². The van der Waals surface area contributed by atoms with E-state index in [0.29, 0.717) is 35.4 Å². The molecule has 5 nitrogen and oxygen atoms in total. The number of hydrogen-bond donors (Lipinski definition) is 1. The first-order valence-corrected chi connectivity index (χ1v) is 12.2. The summed E-state index contributed by atoms with van der Waals surface area (Å²) >= 11 is 0. The molecule has 1 aromatic heterocycles. The van der Waals surface area contributed by atoms with Gasteiger partial charge >= 0.3 is 0 Å². The minimum Gasteiger partial charge on any atom is -0.489 e. The fraction of sp³-hybridized carbons (Fsp3) is 0.161. The van der Waals surface area contributed by atoms with Crippen molar-refractivity contribution in [3.8, 4) is 17.2 Å². The molecule has 5 heteroatoms. The zero-order chi connectivity index (χ0) is 24.9. The van der Waals surface area contributed by atoms with Crippen molar-refractivity contribution in [1.29, 1.82) is 0 Å². The number of amides is 1. The Morgan fingerprint density at radius 1 is 0.944 bits per heavy atom. The van der Waals surface area contributed by atoms with Crippen molar-refractivity contribution in [2.45, 2.75) is 32.8 Å². The fourth-order valence-corrected chi connectivity index (χ4v) is 3.99. The molecule has 0 saturated carbocycles. The van der Waals surface area contributed by atoms with E-state index in [1.54, 1.807) is 24.3 Å². The van der Waals surface area contributed by atoms with Gasteiger partial charge < -0.3 is 14.5 Å². The van der Waals surface area contributed by atoms with Crippen molar-refractivity contribution in [1.82, 2.24) is 4.98 Å². The summed E-state index contributed by atoms with van der Waals surface area (Å²) in [5, 5.41) is 2.96. The average molecular weight is 477 g/mol. The van der Waals surface area contributed by atoms with Crippen LogP contribution >= 0.6 is 0 Å². The Bertz CT molecular complexity index is 1470. The van der Waals surface area contributed by atoms with E-state index in [4.69, 9.17) is 14.1 Å². The number of benzene rings is 4. The topological polar surface area (TPSA) is 64.4 Å². The lowest BCUT2D eigenvalue weighted by molar-refractivity contribution is 0.102. The minimum absolute atomic E-state index is 0.197. The van der Waals surface area contributed by atoms with Gasteiger partial charge in [-0.25, -0.2) is 4.98 Å². The van der Waals surface area contributed by atoms with E-state index in [0.717, 1.165) is 28.6 Å². The molecule has 5 aromatic rings. The molecule has 1 amide bonds. The van der Waals surface area contributed by atoms with Crippen LogP contribution in [0.25, 0.3) is 22.6 Å². The van der Waals surface area contributed by atoms with Crippen LogP contribution in [-0.2, 0) is 6.61 Å². The van der Waals surface area contributed by atoms with Crippen LogP contribution < -0.4 is 10.1 Å². The first-order chi connectivity index (χ1) is 17.6. The van der Waals surface area contributed by atoms with Crippen LogP contribution in [0, 0.1) is 0 Å². The molecular formula is C31H28N2O3. The second kappa shape index (κ2) is 10.5. The van der Waals surface area contributed by atoms with Crippen molar-refractivity contribution in [2.24, 2.45) is 0 Å². The highest BCUT2D eigenvalue weighted by Crippen LogP contribution is 2.29. The van der Waals surface area contributed by atoms with Crippen LogP contribution in [-0.4, -0.2) is 10.9 Å². The van der Waals surface area contributed by atoms with Crippen molar-refractivity contribution in [3.63, 3.8) is 0 Å². The Hall–Kier alpha value is -4.38. The van der Waals surface area contributed by atoms with E-state index >= 15 is 0 Å². The van der Waals surface area contributed by atoms with Crippen LogP contribution in [0.15, 0.2) is 101 Å². The van der Waals surface area contributed by atoms with Gasteiger partial charge in [0.1, 0.15) is 17.9 Å². The third-order valence-electron chi connectivity index (χ3n) is 6.33. The monoisotopic (exact) mass is 476 g/mol. The average Bonchev–Trinajstić information content (AvgIpc) is 3.36. The number of nitrogens with zero attached hydrogens (tertiary/aromatic N) is 1. The zero-order valence-electron chi connectivity index (χ0n) is 20.4. The molecule has 5 rings (SSSR count). The third-order valence-corrected chi connectivity index (χ3v) is 6.33. The number of hydrogen-bond acceptors (Lipinski definition) is 4. The van der Waals surface area contributed by atoms with Gasteiger partial charge in [0, 0.05) is 16.8 Å². The number of anilines is 1. The molecule has 0 fully saturated rings. The van der Waals surface area contributed by atoms with E-state index < -0.39 is 0 Å². The summed E-state index contributed by atoms with van der Waals surface area (Å²) in [6.45, 7) is 4.87. The van der Waals surface area contributed by atoms with E-state index in [-0.39, 0.29) is 5.91 Å². The lowest BCUT2D eigenvalue weighted by Crippen LogP contribution is -2.11. The Balaban J connectivity index is 1.26. The molecule has 1 heterocycles. The van der Waals surface area contributed by atoms with Gasteiger partial charge in [0.2, 0.25) is 5.89 Å². The molecule has 0 bridgehead atoms. The predicted octanol–water partition coefficient (Wildman–Crippen LogP) is 7.84. The molecule has 1 N–H and O–H groups in total. The normalized spacial score (nSPS) is 11.8. The van der Waals surface area contributed by atoms with Crippen molar-refractivity contribution >= 4 is 22.7 Å². The maximum Gasteiger partial charge on any atom is 0.255 e. The molecule has 4 aromatic carbocycles. The zero-order valence-corrected chi connectivity index (χ0v) is 20.4. The Morgan fingerprint density at radius 2 is 1.75 bits per heavy atom. The van der Waals surface area contributed by atoms with Crippen molar-refractivity contribution in [2.75, 3.05) is 5.32 Å². The quantitative estimate of drug-likeness (QED) is 0.248. The molecule has 36 heavy (non-hydrogen) atoms. The van der Waals surface area contributed by atoms with Gasteiger partial charge in [-0.1, -0.05) is 56.3 Å². The Labute approximate surface area is 210 Å². The third kappa shape index (κ3) is 5.31. The first-order valence-electron chi connectivity index (χ1n) is 12.2. The second-order valence-corrected chi connectivity index (χ2v) is 8.89. The molecule has 0 aliphatic rings. The van der Waals surface area contributed by atoms with Gasteiger partial charge in [0.25, 0.3) is 5.91 Å². The van der Waals surface area contributed by atoms with Gasteiger partial charge in [-0.2, -0.15) is 0 Å². The maximum absolute atomic E-state index is 12.8. The van der Waals surface area contributed by atoms with Gasteiger partial charge in [-0.3, -0.25) is 4.79 Å². The number of carbonyl (C=O) groups excluding carboxylic acids is 1. The Morgan fingerprint density at radius 3 is 2.53 bits per heavy atom. The lowest BCUT2D eigenvalue weighted by atomic mass is 9.98. The molecule has 0 radical (unpaired) electrons. The standard InChI is InChI=1S/C31H28N2O3/c1-3-21(2)24-14-17-29-28(19-24)33-31(36-29)25-10-7-11-26(18-25)32-30(34)23-12-15-27(16-13-23)35-20-22-8-5-4-6-9-22/h4-19,21H,3,20H2,1-2H3,(H,32,34)/t21-/m0/s1. The number of rotatable bonds is 8. The summed E-state index contributed by atoms with van der Waals surface area (Å²) < 4.78 is 11.8. The fourth-order valence-electron chi connectivity index (χ4n) is 3.99. The summed E-state index contributed by atoms with van der Waals surface area (Å²) in [6.07, 6.45) is 1.07. The predicted molar refractivity (Wildman–Crippen MR) is 143 cm³/mol. The summed E-state index contributed by atoms with van der Waals surface area (Å²) in [5.41, 5.74) is 5.96. The summed E-state index contributed by atoms with van der Waals surface area (Å²) in [6, 6.07) is 30.8. The number of ether oxygens (including phenoxy) is 1. The summed E-state index contributed by atoms with van der Waals surface area (Å²) in [4.78, 5) is 17.5. The first kappa shape index (κ1) is 23.4. The number of carbonyl (C=O) groups is 1. The smallest absolute Gasteiger partial charge is 0.255 e. The summed E-state index contributed by atoms with van der Waals surface area (Å²) in [5.74, 6) is 1.52. The molecule has 0 spiro atoms. The van der Waals surface area contributed by atoms with E-state index in [1.165, 1.54) is 5.56 Å². The molecule has 0 aliphatic carbocycles. The van der Waals surface area contributed by atoms with Crippen LogP contribution in [0.4, 0.5) is 5.69 Å². The summed E-state index contributed by atoms with van der Waals surface area (Å²) in [7, 11) is 0. The molecule has 0 unspecified atom stereocenters. The van der Waals surface area contributed by atoms with Crippen molar-refractivity contribution in [3.05, 3.63) is 114 Å². The lowest BCUT2D eigenvalue weighted by Gasteiger charge is -2.09. The highest BCUT2D eigenvalue weighted by molar-refractivity contribution is 6.04. The Kier molecular flexibility index (Phi) is 6.80. The van der Waals surface area contributed by atoms with Gasteiger partial charge in [0.15, 0.2) is 5.58 Å². The SMILES string of the molecule is CC[C@H](C)c1ccc2oc(-c3cccc(NC(=O)c4ccc(OCc5ccccc5)cc4)c3)nc2c1. The number of nitrogens with one attached hydrogen (secondary N) is 1. The molecular weight excluding hydrogens is 448 g/mol. The largest absolute Gasteiger partial charge is 0.489 e. The van der Waals surface area contributed by atoms with E-state index in [2.05, 4.69) is 31.3 Å². The highest BCUT2D eigenvalue weighted by atomic mass is 16.5. The second-order valence-electron chi connectivity index (χ2n) is 8.89. The van der Waals surface area contributed by atoms with Gasteiger partial charge in [-0.05, 0) is 78.1 Å². The number of oxazole rings is 1. The van der Waals surface area contributed by atoms with Gasteiger partial charge in [0.05, 0.1) is 0 Å². The van der Waals surface area contributed by atoms with Crippen molar-refractivity contribution < 1.29 is 13.9 Å². The number of fused-ring (bicyclic) bond motifs is 1. The molecule has 180 valence electrons. The number of aromatic nitrogens is 1. The van der Waals surface area contributed by atoms with E-state index in [1.807, 2.05) is 60.7 Å². The van der Waals surface area contributed by atoms with E-state index in [9.17, 15) is 4.79 Å². The van der Waals surface area contributed by atoms with Gasteiger partial charge in [-0.15, -0.1) is 0 Å². The van der Waals surface area contributed by atoms with Crippen LogP contribution in [0.1, 0.15) is 47.7 Å².